The fourth-order valence-electron chi connectivity index (χ4n) is 3.02. The second-order valence-corrected chi connectivity index (χ2v) is 6.16. The largest absolute Gasteiger partial charge is 0.352 e. The van der Waals surface area contributed by atoms with E-state index in [0.717, 1.165) is 25.7 Å². The van der Waals surface area contributed by atoms with Crippen LogP contribution in [0, 0.1) is 0 Å². The molecule has 0 aromatic rings. The molecule has 128 valence electrons. The first-order chi connectivity index (χ1) is 10.4. The summed E-state index contributed by atoms with van der Waals surface area (Å²) in [5.74, 6) is -4.01. The number of halogens is 4. The van der Waals surface area contributed by atoms with Crippen molar-refractivity contribution in [3.8, 4) is 0 Å². The Balaban J connectivity index is 1.67. The molecule has 1 saturated heterocycles. The lowest BCUT2D eigenvalue weighted by atomic mass is 10.2. The molecule has 4 nitrogen and oxygen atoms in total. The van der Waals surface area contributed by atoms with Crippen LogP contribution in [-0.4, -0.2) is 73.4 Å². The molecule has 1 amide bonds. The maximum absolute atomic E-state index is 13.0. The van der Waals surface area contributed by atoms with Crippen LogP contribution in [0.1, 0.15) is 25.7 Å². The van der Waals surface area contributed by atoms with Crippen LogP contribution in [0.2, 0.25) is 0 Å². The van der Waals surface area contributed by atoms with Crippen molar-refractivity contribution in [2.24, 2.45) is 0 Å². The van der Waals surface area contributed by atoms with Crippen molar-refractivity contribution in [3.05, 3.63) is 0 Å². The van der Waals surface area contributed by atoms with Gasteiger partial charge in [-0.3, -0.25) is 14.6 Å². The fraction of sp³-hybridized carbons (Fsp3) is 0.929. The van der Waals surface area contributed by atoms with Crippen LogP contribution in [0.25, 0.3) is 0 Å². The van der Waals surface area contributed by atoms with Gasteiger partial charge in [0.2, 0.25) is 5.91 Å². The van der Waals surface area contributed by atoms with Gasteiger partial charge in [-0.25, -0.2) is 8.78 Å². The quantitative estimate of drug-likeness (QED) is 0.753. The van der Waals surface area contributed by atoms with Crippen LogP contribution >= 0.6 is 0 Å². The lowest BCUT2D eigenvalue weighted by Crippen LogP contribution is -2.53. The van der Waals surface area contributed by atoms with Crippen molar-refractivity contribution in [1.82, 2.24) is 15.1 Å². The molecule has 1 aliphatic carbocycles. The van der Waals surface area contributed by atoms with Gasteiger partial charge in [-0.2, -0.15) is 8.78 Å². The minimum Gasteiger partial charge on any atom is -0.352 e. The third-order valence-electron chi connectivity index (χ3n) is 4.31. The Morgan fingerprint density at radius 2 is 1.64 bits per heavy atom. The summed E-state index contributed by atoms with van der Waals surface area (Å²) < 4.78 is 50.3. The van der Waals surface area contributed by atoms with Crippen LogP contribution in [0.4, 0.5) is 17.6 Å². The maximum atomic E-state index is 13.0. The van der Waals surface area contributed by atoms with Gasteiger partial charge in [0.05, 0.1) is 13.1 Å². The highest BCUT2D eigenvalue weighted by Gasteiger charge is 2.42. The molecule has 0 aromatic carbocycles. The molecule has 0 bridgehead atoms. The number of hydrogen-bond donors (Lipinski definition) is 1. The molecule has 0 aromatic heterocycles. The van der Waals surface area contributed by atoms with E-state index >= 15 is 0 Å². The third kappa shape index (κ3) is 5.08. The Morgan fingerprint density at radius 1 is 1.09 bits per heavy atom. The molecule has 2 aliphatic rings. The number of alkyl halides is 4. The summed E-state index contributed by atoms with van der Waals surface area (Å²) in [6, 6.07) is 0.263. The zero-order valence-corrected chi connectivity index (χ0v) is 12.5. The molecular weight excluding hydrogens is 302 g/mol. The Labute approximate surface area is 127 Å². The van der Waals surface area contributed by atoms with Gasteiger partial charge in [-0.1, -0.05) is 12.8 Å². The number of carbonyl (C=O) groups is 1. The first-order valence-electron chi connectivity index (χ1n) is 7.77. The number of hydrogen-bond acceptors (Lipinski definition) is 3. The highest BCUT2D eigenvalue weighted by Crippen LogP contribution is 2.24. The van der Waals surface area contributed by atoms with Crippen molar-refractivity contribution >= 4 is 5.91 Å². The van der Waals surface area contributed by atoms with E-state index in [1.807, 2.05) is 4.90 Å². The molecule has 2 fully saturated rings. The number of amides is 1. The minimum atomic E-state index is -3.97. The summed E-state index contributed by atoms with van der Waals surface area (Å²) in [6.07, 6.45) is 0.678. The fourth-order valence-corrected chi connectivity index (χ4v) is 3.02. The van der Waals surface area contributed by atoms with Gasteiger partial charge in [-0.15, -0.1) is 0 Å². The standard InChI is InChI=1S/C14H23F4N3O/c15-13(16)14(17,18)10-21-7-5-20(6-8-21)9-12(22)19-11-3-1-2-4-11/h11,13H,1-10H2,(H,19,22). The molecule has 0 atom stereocenters. The molecule has 0 spiro atoms. The van der Waals surface area contributed by atoms with Crippen molar-refractivity contribution in [2.75, 3.05) is 39.3 Å². The second-order valence-electron chi connectivity index (χ2n) is 6.16. The van der Waals surface area contributed by atoms with E-state index in [2.05, 4.69) is 5.32 Å². The third-order valence-corrected chi connectivity index (χ3v) is 4.31. The highest BCUT2D eigenvalue weighted by molar-refractivity contribution is 5.78. The van der Waals surface area contributed by atoms with E-state index in [4.69, 9.17) is 0 Å². The summed E-state index contributed by atoms with van der Waals surface area (Å²) in [7, 11) is 0. The van der Waals surface area contributed by atoms with Crippen LogP contribution in [-0.2, 0) is 4.79 Å². The zero-order valence-electron chi connectivity index (χ0n) is 12.5. The average molecular weight is 325 g/mol. The zero-order chi connectivity index (χ0) is 16.2. The lowest BCUT2D eigenvalue weighted by molar-refractivity contribution is -0.145. The highest BCUT2D eigenvalue weighted by atomic mass is 19.3. The molecule has 0 radical (unpaired) electrons. The molecule has 8 heteroatoms. The first kappa shape index (κ1) is 17.5. The summed E-state index contributed by atoms with van der Waals surface area (Å²) in [5, 5.41) is 2.98. The van der Waals surface area contributed by atoms with Gasteiger partial charge in [0.1, 0.15) is 0 Å². The van der Waals surface area contributed by atoms with Gasteiger partial charge in [0.15, 0.2) is 0 Å². The number of nitrogens with one attached hydrogen (secondary N) is 1. The summed E-state index contributed by atoms with van der Waals surface area (Å²) in [6.45, 7) is 0.759. The van der Waals surface area contributed by atoms with Crippen molar-refractivity contribution in [3.63, 3.8) is 0 Å². The average Bonchev–Trinajstić information content (AvgIpc) is 2.93. The normalized spacial score (nSPS) is 22.4. The smallest absolute Gasteiger partial charge is 0.319 e. The number of rotatable bonds is 6. The summed E-state index contributed by atoms with van der Waals surface area (Å²) in [4.78, 5) is 15.1. The van der Waals surface area contributed by atoms with E-state index in [1.165, 1.54) is 4.90 Å². The topological polar surface area (TPSA) is 35.6 Å². The van der Waals surface area contributed by atoms with E-state index in [1.54, 1.807) is 0 Å². The van der Waals surface area contributed by atoms with Gasteiger partial charge in [-0.05, 0) is 12.8 Å². The van der Waals surface area contributed by atoms with E-state index in [-0.39, 0.29) is 31.6 Å². The van der Waals surface area contributed by atoms with Crippen LogP contribution in [0.5, 0.6) is 0 Å². The van der Waals surface area contributed by atoms with Crippen LogP contribution < -0.4 is 5.32 Å². The maximum Gasteiger partial charge on any atom is 0.319 e. The predicted octanol–water partition coefficient (Wildman–Crippen LogP) is 1.56. The van der Waals surface area contributed by atoms with Crippen LogP contribution in [0.3, 0.4) is 0 Å². The number of carbonyl (C=O) groups excluding carboxylic acids is 1. The summed E-state index contributed by atoms with van der Waals surface area (Å²) in [5.41, 5.74) is 0. The van der Waals surface area contributed by atoms with E-state index in [9.17, 15) is 22.4 Å². The van der Waals surface area contributed by atoms with Crippen molar-refractivity contribution < 1.29 is 22.4 Å². The van der Waals surface area contributed by atoms with Crippen molar-refractivity contribution in [2.45, 2.75) is 44.1 Å². The Kier molecular flexibility index (Phi) is 6.02. The molecule has 2 rings (SSSR count). The number of nitrogens with zero attached hydrogens (tertiary/aromatic N) is 2. The predicted molar refractivity (Wildman–Crippen MR) is 74.2 cm³/mol. The molecule has 1 N–H and O–H groups in total. The molecule has 22 heavy (non-hydrogen) atoms. The van der Waals surface area contributed by atoms with Gasteiger partial charge in [0, 0.05) is 32.2 Å². The minimum absolute atomic E-state index is 0.0433. The van der Waals surface area contributed by atoms with E-state index in [0.29, 0.717) is 13.1 Å². The Morgan fingerprint density at radius 3 is 2.18 bits per heavy atom. The molecule has 1 aliphatic heterocycles. The van der Waals surface area contributed by atoms with Gasteiger partial charge in [0.25, 0.3) is 0 Å². The number of piperazine rings is 1. The van der Waals surface area contributed by atoms with Gasteiger partial charge >= 0.3 is 12.3 Å². The van der Waals surface area contributed by atoms with Crippen molar-refractivity contribution in [1.29, 1.82) is 0 Å². The van der Waals surface area contributed by atoms with E-state index < -0.39 is 18.9 Å². The molecule has 1 saturated carbocycles. The second kappa shape index (κ2) is 7.59. The SMILES string of the molecule is O=C(CN1CCN(CC(F)(F)C(F)F)CC1)NC1CCCC1. The first-order valence-corrected chi connectivity index (χ1v) is 7.77. The van der Waals surface area contributed by atoms with Crippen LogP contribution in [0.15, 0.2) is 0 Å². The molecule has 0 unspecified atom stereocenters. The lowest BCUT2D eigenvalue weighted by Gasteiger charge is -2.35. The Bertz CT molecular complexity index is 367. The monoisotopic (exact) mass is 325 g/mol. The van der Waals surface area contributed by atoms with Gasteiger partial charge < -0.3 is 5.32 Å². The molecule has 1 heterocycles. The Hall–Kier alpha value is -0.890. The molecular formula is C14H23F4N3O. The summed E-state index contributed by atoms with van der Waals surface area (Å²) >= 11 is 0.